The van der Waals surface area contributed by atoms with Crippen molar-refractivity contribution in [2.24, 2.45) is 5.73 Å². The van der Waals surface area contributed by atoms with Crippen molar-refractivity contribution in [1.29, 1.82) is 0 Å². The maximum atomic E-state index is 12.5. The Hall–Kier alpha value is -1.85. The number of hydrogen-bond donors (Lipinski definition) is 2. The maximum Gasteiger partial charge on any atom is 0.258 e. The molecule has 0 spiro atoms. The monoisotopic (exact) mass is 293 g/mol. The number of primary amides is 1. The van der Waals surface area contributed by atoms with Gasteiger partial charge in [-0.3, -0.25) is 9.59 Å². The minimum absolute atomic E-state index is 0.00426. The molecule has 1 amide bonds. The summed E-state index contributed by atoms with van der Waals surface area (Å²) in [6.07, 6.45) is 1.66. The van der Waals surface area contributed by atoms with Crippen molar-refractivity contribution in [3.8, 4) is 0 Å². The number of benzene rings is 1. The lowest BCUT2D eigenvalue weighted by Gasteiger charge is -2.16. The van der Waals surface area contributed by atoms with Gasteiger partial charge in [-0.1, -0.05) is 11.6 Å². The van der Waals surface area contributed by atoms with Gasteiger partial charge in [-0.05, 0) is 32.2 Å². The topological polar surface area (TPSA) is 77.1 Å². The predicted octanol–water partition coefficient (Wildman–Crippen LogP) is 1.53. The number of nitrogens with two attached hydrogens (primary N) is 1. The number of pyridine rings is 1. The molecule has 0 aliphatic carbocycles. The number of carbonyl (C=O) groups excluding carboxylic acids is 1. The van der Waals surface area contributed by atoms with E-state index in [1.807, 2.05) is 14.0 Å². The molecule has 0 unspecified atom stereocenters. The Morgan fingerprint density at radius 2 is 2.10 bits per heavy atom. The Morgan fingerprint density at radius 1 is 1.40 bits per heavy atom. The lowest BCUT2D eigenvalue weighted by Crippen LogP contribution is -2.29. The number of halogens is 1. The summed E-state index contributed by atoms with van der Waals surface area (Å²) in [5.41, 5.74) is 5.36. The molecule has 2 aromatic rings. The molecule has 3 N–H and O–H groups in total. The minimum atomic E-state index is -0.638. The lowest BCUT2D eigenvalue weighted by molar-refractivity contribution is 0.100. The second kappa shape index (κ2) is 5.64. The summed E-state index contributed by atoms with van der Waals surface area (Å²) in [5.74, 6) is -0.638. The van der Waals surface area contributed by atoms with Crippen molar-refractivity contribution in [2.45, 2.75) is 13.0 Å². The molecule has 1 aromatic carbocycles. The van der Waals surface area contributed by atoms with E-state index in [1.165, 1.54) is 6.07 Å². The van der Waals surface area contributed by atoms with Crippen molar-refractivity contribution in [3.05, 3.63) is 45.3 Å². The number of nitrogens with one attached hydrogen (secondary N) is 1. The molecule has 0 aliphatic rings. The van der Waals surface area contributed by atoms with Crippen molar-refractivity contribution in [3.63, 3.8) is 0 Å². The molecule has 0 saturated heterocycles. The summed E-state index contributed by atoms with van der Waals surface area (Å²) >= 11 is 5.98. The molecule has 0 aliphatic heterocycles. The van der Waals surface area contributed by atoms with E-state index < -0.39 is 5.91 Å². The van der Waals surface area contributed by atoms with Gasteiger partial charge in [-0.2, -0.15) is 0 Å². The first-order valence-electron chi connectivity index (χ1n) is 6.25. The fourth-order valence-electron chi connectivity index (χ4n) is 2.31. The molecule has 0 radical (unpaired) electrons. The highest BCUT2D eigenvalue weighted by molar-refractivity contribution is 6.35. The van der Waals surface area contributed by atoms with Gasteiger partial charge in [0.05, 0.1) is 10.6 Å². The highest BCUT2D eigenvalue weighted by Gasteiger charge is 2.15. The van der Waals surface area contributed by atoms with Crippen LogP contribution in [0.25, 0.3) is 10.8 Å². The third kappa shape index (κ3) is 2.42. The van der Waals surface area contributed by atoms with Crippen molar-refractivity contribution in [2.75, 3.05) is 13.6 Å². The second-order valence-electron chi connectivity index (χ2n) is 4.68. The third-order valence-electron chi connectivity index (χ3n) is 3.28. The zero-order valence-electron chi connectivity index (χ0n) is 11.3. The Bertz CT molecular complexity index is 724. The SMILES string of the molecule is CNC[C@@H](C)n1ccc2c(C(N)=O)c(Cl)ccc2c1=O. The van der Waals surface area contributed by atoms with Crippen LogP contribution in [0.2, 0.25) is 5.02 Å². The smallest absolute Gasteiger partial charge is 0.258 e. The number of aromatic nitrogens is 1. The molecule has 0 bridgehead atoms. The van der Waals surface area contributed by atoms with Crippen LogP contribution in [-0.2, 0) is 0 Å². The van der Waals surface area contributed by atoms with Crippen molar-refractivity contribution < 1.29 is 4.79 Å². The molecule has 1 heterocycles. The first-order valence-corrected chi connectivity index (χ1v) is 6.63. The van der Waals surface area contributed by atoms with E-state index in [0.29, 0.717) is 17.3 Å². The fraction of sp³-hybridized carbons (Fsp3) is 0.286. The van der Waals surface area contributed by atoms with Crippen LogP contribution in [0.4, 0.5) is 0 Å². The van der Waals surface area contributed by atoms with Crippen LogP contribution < -0.4 is 16.6 Å². The Balaban J connectivity index is 2.73. The van der Waals surface area contributed by atoms with Crippen LogP contribution >= 0.6 is 11.6 Å². The number of nitrogens with zero attached hydrogens (tertiary/aromatic N) is 1. The van der Waals surface area contributed by atoms with E-state index in [2.05, 4.69) is 5.32 Å². The van der Waals surface area contributed by atoms with Gasteiger partial charge in [-0.25, -0.2) is 0 Å². The second-order valence-corrected chi connectivity index (χ2v) is 5.09. The molecule has 2 rings (SSSR count). The zero-order valence-corrected chi connectivity index (χ0v) is 12.1. The van der Waals surface area contributed by atoms with Crippen LogP contribution in [0.15, 0.2) is 29.2 Å². The van der Waals surface area contributed by atoms with E-state index >= 15 is 0 Å². The number of likely N-dealkylation sites (N-methyl/N-ethyl adjacent to an activating group) is 1. The Morgan fingerprint density at radius 3 is 2.70 bits per heavy atom. The molecule has 6 heteroatoms. The Labute approximate surface area is 121 Å². The molecule has 1 atom stereocenters. The van der Waals surface area contributed by atoms with Crippen LogP contribution in [0.3, 0.4) is 0 Å². The highest BCUT2D eigenvalue weighted by atomic mass is 35.5. The predicted molar refractivity (Wildman–Crippen MR) is 80.4 cm³/mol. The summed E-state index contributed by atoms with van der Waals surface area (Å²) in [7, 11) is 1.83. The van der Waals surface area contributed by atoms with E-state index in [-0.39, 0.29) is 22.2 Å². The van der Waals surface area contributed by atoms with Crippen molar-refractivity contribution in [1.82, 2.24) is 9.88 Å². The summed E-state index contributed by atoms with van der Waals surface area (Å²) < 4.78 is 1.62. The van der Waals surface area contributed by atoms with Crippen LogP contribution in [0.5, 0.6) is 0 Å². The fourth-order valence-corrected chi connectivity index (χ4v) is 2.56. The Kier molecular flexibility index (Phi) is 4.11. The summed E-state index contributed by atoms with van der Waals surface area (Å²) in [6, 6.07) is 4.85. The van der Waals surface area contributed by atoms with E-state index in [4.69, 9.17) is 17.3 Å². The molecule has 1 aromatic heterocycles. The molecule has 20 heavy (non-hydrogen) atoms. The maximum absolute atomic E-state index is 12.5. The zero-order chi connectivity index (χ0) is 14.9. The normalized spacial score (nSPS) is 12.6. The molecule has 0 saturated carbocycles. The van der Waals surface area contributed by atoms with E-state index in [9.17, 15) is 9.59 Å². The molecule has 0 fully saturated rings. The van der Waals surface area contributed by atoms with E-state index in [0.717, 1.165) is 0 Å². The molecule has 106 valence electrons. The average Bonchev–Trinajstić information content (AvgIpc) is 2.38. The van der Waals surface area contributed by atoms with E-state index in [1.54, 1.807) is 22.9 Å². The van der Waals surface area contributed by atoms with Gasteiger partial charge >= 0.3 is 0 Å². The van der Waals surface area contributed by atoms with Gasteiger partial charge < -0.3 is 15.6 Å². The number of carbonyl (C=O) groups is 1. The van der Waals surface area contributed by atoms with Gasteiger partial charge in [0.25, 0.3) is 11.5 Å². The number of hydrogen-bond acceptors (Lipinski definition) is 3. The summed E-state index contributed by atoms with van der Waals surface area (Å²) in [4.78, 5) is 24.0. The van der Waals surface area contributed by atoms with Crippen LogP contribution in [0.1, 0.15) is 23.3 Å². The van der Waals surface area contributed by atoms with Gasteiger partial charge in [-0.15, -0.1) is 0 Å². The van der Waals surface area contributed by atoms with Gasteiger partial charge in [0.2, 0.25) is 0 Å². The van der Waals surface area contributed by atoms with Crippen LogP contribution in [0, 0.1) is 0 Å². The number of rotatable bonds is 4. The van der Waals surface area contributed by atoms with Gasteiger partial charge in [0, 0.05) is 29.6 Å². The molecular formula is C14H16ClN3O2. The first-order chi connectivity index (χ1) is 9.47. The third-order valence-corrected chi connectivity index (χ3v) is 3.60. The standard InChI is InChI=1S/C14H16ClN3O2/c1-8(7-17-2)18-6-5-9-10(14(18)20)3-4-11(15)12(9)13(16)19/h3-6,8,17H,7H2,1-2H3,(H2,16,19)/t8-/m1/s1. The number of amides is 1. The molecule has 5 nitrogen and oxygen atoms in total. The quantitative estimate of drug-likeness (QED) is 0.897. The summed E-state index contributed by atoms with van der Waals surface area (Å²) in [5, 5.41) is 4.21. The van der Waals surface area contributed by atoms with Gasteiger partial charge in [0.15, 0.2) is 0 Å². The lowest BCUT2D eigenvalue weighted by atomic mass is 10.1. The van der Waals surface area contributed by atoms with Crippen LogP contribution in [-0.4, -0.2) is 24.1 Å². The van der Waals surface area contributed by atoms with Gasteiger partial charge in [0.1, 0.15) is 0 Å². The minimum Gasteiger partial charge on any atom is -0.366 e. The highest BCUT2D eigenvalue weighted by Crippen LogP contribution is 2.24. The molecular weight excluding hydrogens is 278 g/mol. The first kappa shape index (κ1) is 14.6. The average molecular weight is 294 g/mol. The summed E-state index contributed by atoms with van der Waals surface area (Å²) in [6.45, 7) is 2.61. The van der Waals surface area contributed by atoms with Crippen molar-refractivity contribution >= 4 is 28.3 Å². The number of fused-ring (bicyclic) bond motifs is 1. The largest absolute Gasteiger partial charge is 0.366 e.